The van der Waals surface area contributed by atoms with Gasteiger partial charge in [0.25, 0.3) is 0 Å². The first-order chi connectivity index (χ1) is 9.87. The molecule has 0 spiro atoms. The molecule has 1 atom stereocenters. The van der Waals surface area contributed by atoms with Crippen LogP contribution in [0.25, 0.3) is 0 Å². The van der Waals surface area contributed by atoms with Crippen molar-refractivity contribution in [1.29, 1.82) is 0 Å². The molecule has 5 nitrogen and oxygen atoms in total. The molecule has 1 saturated carbocycles. The minimum Gasteiger partial charge on any atom is -0.444 e. The van der Waals surface area contributed by atoms with Gasteiger partial charge in [0.05, 0.1) is 0 Å². The predicted octanol–water partition coefficient (Wildman–Crippen LogP) is 2.83. The Morgan fingerprint density at radius 2 is 1.71 bits per heavy atom. The van der Waals surface area contributed by atoms with Crippen molar-refractivity contribution in [3.8, 4) is 0 Å². The van der Waals surface area contributed by atoms with Crippen molar-refractivity contribution < 1.29 is 14.3 Å². The van der Waals surface area contributed by atoms with Crippen LogP contribution in [0.4, 0.5) is 4.79 Å². The van der Waals surface area contributed by atoms with Gasteiger partial charge in [-0.1, -0.05) is 19.3 Å². The summed E-state index contributed by atoms with van der Waals surface area (Å²) in [6.07, 6.45) is 6.98. The molecular weight excluding hydrogens is 268 g/mol. The molecule has 5 heteroatoms. The van der Waals surface area contributed by atoms with Crippen LogP contribution in [0, 0.1) is 0 Å². The molecule has 21 heavy (non-hydrogen) atoms. The molecule has 2 amide bonds. The monoisotopic (exact) mass is 296 g/mol. The Balaban J connectivity index is 1.91. The lowest BCUT2D eigenvalue weighted by atomic mass is 9.95. The Hall–Kier alpha value is -1.26. The lowest BCUT2D eigenvalue weighted by molar-refractivity contribution is -0.126. The number of ether oxygens (including phenoxy) is 1. The van der Waals surface area contributed by atoms with Crippen molar-refractivity contribution >= 4 is 12.0 Å². The van der Waals surface area contributed by atoms with E-state index in [9.17, 15) is 9.59 Å². The van der Waals surface area contributed by atoms with Gasteiger partial charge in [0.15, 0.2) is 0 Å². The Kier molecular flexibility index (Phi) is 5.12. The predicted molar refractivity (Wildman–Crippen MR) is 81.0 cm³/mol. The third-order valence-electron chi connectivity index (χ3n) is 4.14. The topological polar surface area (TPSA) is 58.6 Å². The zero-order valence-corrected chi connectivity index (χ0v) is 13.5. The zero-order chi connectivity index (χ0) is 15.5. The highest BCUT2D eigenvalue weighted by atomic mass is 16.6. The number of hydrogen-bond donors (Lipinski definition) is 1. The van der Waals surface area contributed by atoms with E-state index >= 15 is 0 Å². The van der Waals surface area contributed by atoms with Crippen LogP contribution in [0.1, 0.15) is 65.7 Å². The molecule has 0 aromatic heterocycles. The minimum atomic E-state index is -0.524. The molecule has 1 heterocycles. The van der Waals surface area contributed by atoms with Crippen molar-refractivity contribution in [3.05, 3.63) is 0 Å². The second-order valence-electron chi connectivity index (χ2n) is 7.18. The summed E-state index contributed by atoms with van der Waals surface area (Å²) in [5.74, 6) is -0.00902. The van der Waals surface area contributed by atoms with Gasteiger partial charge >= 0.3 is 6.09 Å². The maximum atomic E-state index is 12.4. The SMILES string of the molecule is CC(C)(C)OC(=O)N1CCC[C@@H]1C(=O)NC1CCCCC1. The van der Waals surface area contributed by atoms with Crippen LogP contribution in [-0.2, 0) is 9.53 Å². The molecule has 1 aliphatic carbocycles. The van der Waals surface area contributed by atoms with Gasteiger partial charge in [-0.3, -0.25) is 9.69 Å². The van der Waals surface area contributed by atoms with E-state index < -0.39 is 5.60 Å². The number of nitrogens with one attached hydrogen (secondary N) is 1. The Labute approximate surface area is 127 Å². The molecule has 0 bridgehead atoms. The van der Waals surface area contributed by atoms with Crippen molar-refractivity contribution in [2.75, 3.05) is 6.54 Å². The number of carbonyl (C=O) groups is 2. The van der Waals surface area contributed by atoms with Crippen molar-refractivity contribution in [3.63, 3.8) is 0 Å². The number of likely N-dealkylation sites (tertiary alicyclic amines) is 1. The lowest BCUT2D eigenvalue weighted by Crippen LogP contribution is -2.50. The van der Waals surface area contributed by atoms with Gasteiger partial charge in [-0.2, -0.15) is 0 Å². The molecule has 120 valence electrons. The van der Waals surface area contributed by atoms with Crippen LogP contribution in [0.2, 0.25) is 0 Å². The molecule has 0 radical (unpaired) electrons. The van der Waals surface area contributed by atoms with E-state index in [2.05, 4.69) is 5.32 Å². The smallest absolute Gasteiger partial charge is 0.410 e. The van der Waals surface area contributed by atoms with Crippen molar-refractivity contribution in [2.24, 2.45) is 0 Å². The first-order valence-electron chi connectivity index (χ1n) is 8.17. The van der Waals surface area contributed by atoms with E-state index in [0.717, 1.165) is 25.7 Å². The second kappa shape index (κ2) is 6.67. The molecule has 0 unspecified atom stereocenters. The molecule has 2 rings (SSSR count). The highest BCUT2D eigenvalue weighted by molar-refractivity contribution is 5.86. The number of amides is 2. The third-order valence-corrected chi connectivity index (χ3v) is 4.14. The normalized spacial score (nSPS) is 24.0. The Bertz CT molecular complexity index is 383. The number of nitrogens with zero attached hydrogens (tertiary/aromatic N) is 1. The average Bonchev–Trinajstić information content (AvgIpc) is 2.87. The van der Waals surface area contributed by atoms with E-state index in [4.69, 9.17) is 4.74 Å². The molecule has 0 aromatic carbocycles. The average molecular weight is 296 g/mol. The largest absolute Gasteiger partial charge is 0.444 e. The summed E-state index contributed by atoms with van der Waals surface area (Å²) in [4.78, 5) is 26.2. The van der Waals surface area contributed by atoms with E-state index in [1.54, 1.807) is 4.90 Å². The van der Waals surface area contributed by atoms with Crippen LogP contribution in [0.3, 0.4) is 0 Å². The maximum Gasteiger partial charge on any atom is 0.410 e. The van der Waals surface area contributed by atoms with Crippen LogP contribution in [0.5, 0.6) is 0 Å². The van der Waals surface area contributed by atoms with Gasteiger partial charge < -0.3 is 10.1 Å². The van der Waals surface area contributed by atoms with E-state index in [1.165, 1.54) is 19.3 Å². The van der Waals surface area contributed by atoms with Crippen molar-refractivity contribution in [1.82, 2.24) is 10.2 Å². The van der Waals surface area contributed by atoms with E-state index in [0.29, 0.717) is 6.54 Å². The van der Waals surface area contributed by atoms with Gasteiger partial charge in [0.2, 0.25) is 5.91 Å². The maximum absolute atomic E-state index is 12.4. The summed E-state index contributed by atoms with van der Waals surface area (Å²) in [6.45, 7) is 6.14. The number of rotatable bonds is 2. The molecule has 0 aromatic rings. The summed E-state index contributed by atoms with van der Waals surface area (Å²) < 4.78 is 5.40. The van der Waals surface area contributed by atoms with E-state index in [1.807, 2.05) is 20.8 Å². The van der Waals surface area contributed by atoms with Gasteiger partial charge in [-0.05, 0) is 46.5 Å². The van der Waals surface area contributed by atoms with Gasteiger partial charge in [0, 0.05) is 12.6 Å². The summed E-state index contributed by atoms with van der Waals surface area (Å²) in [6, 6.07) is -0.0749. The zero-order valence-electron chi connectivity index (χ0n) is 13.5. The standard InChI is InChI=1S/C16H28N2O3/c1-16(2,3)21-15(20)18-11-7-10-13(18)14(19)17-12-8-5-4-6-9-12/h12-13H,4-11H2,1-3H3,(H,17,19)/t13-/m1/s1. The molecule has 2 fully saturated rings. The fourth-order valence-electron chi connectivity index (χ4n) is 3.12. The first kappa shape index (κ1) is 16.1. The fraction of sp³-hybridized carbons (Fsp3) is 0.875. The van der Waals surface area contributed by atoms with Gasteiger partial charge in [0.1, 0.15) is 11.6 Å². The first-order valence-corrected chi connectivity index (χ1v) is 8.17. The number of hydrogen-bond acceptors (Lipinski definition) is 3. The Morgan fingerprint density at radius 1 is 1.05 bits per heavy atom. The Morgan fingerprint density at radius 3 is 2.33 bits per heavy atom. The van der Waals surface area contributed by atoms with Crippen LogP contribution >= 0.6 is 0 Å². The third kappa shape index (κ3) is 4.61. The van der Waals surface area contributed by atoms with Gasteiger partial charge in [-0.15, -0.1) is 0 Å². The highest BCUT2D eigenvalue weighted by Gasteiger charge is 2.37. The summed E-state index contributed by atoms with van der Waals surface area (Å²) in [5, 5.41) is 3.12. The molecule has 1 N–H and O–H groups in total. The molecule has 1 saturated heterocycles. The minimum absolute atomic E-state index is 0.00902. The highest BCUT2D eigenvalue weighted by Crippen LogP contribution is 2.22. The molecule has 2 aliphatic rings. The fourth-order valence-corrected chi connectivity index (χ4v) is 3.12. The van der Waals surface area contributed by atoms with Crippen LogP contribution in [-0.4, -0.2) is 41.1 Å². The second-order valence-corrected chi connectivity index (χ2v) is 7.18. The van der Waals surface area contributed by atoms with Gasteiger partial charge in [-0.25, -0.2) is 4.79 Å². The summed E-state index contributed by atoms with van der Waals surface area (Å²) >= 11 is 0. The van der Waals surface area contributed by atoms with Crippen LogP contribution < -0.4 is 5.32 Å². The quantitative estimate of drug-likeness (QED) is 0.852. The summed E-state index contributed by atoms with van der Waals surface area (Å²) in [5.41, 5.74) is -0.524. The molecular formula is C16H28N2O3. The van der Waals surface area contributed by atoms with E-state index in [-0.39, 0.29) is 24.1 Å². The van der Waals surface area contributed by atoms with Crippen molar-refractivity contribution in [2.45, 2.75) is 83.4 Å². The van der Waals surface area contributed by atoms with Crippen LogP contribution in [0.15, 0.2) is 0 Å². The summed E-state index contributed by atoms with van der Waals surface area (Å²) in [7, 11) is 0. The lowest BCUT2D eigenvalue weighted by Gasteiger charge is -2.30. The molecule has 1 aliphatic heterocycles. The number of carbonyl (C=O) groups excluding carboxylic acids is 2.